The summed E-state index contributed by atoms with van der Waals surface area (Å²) in [5, 5.41) is 0. The second-order valence-corrected chi connectivity index (χ2v) is 8.09. The molecular formula is C16H34NO5S+. The van der Waals surface area contributed by atoms with Crippen molar-refractivity contribution in [2.75, 3.05) is 58.4 Å². The summed E-state index contributed by atoms with van der Waals surface area (Å²) in [7, 11) is -3.82. The van der Waals surface area contributed by atoms with Crippen LogP contribution >= 0.6 is 0 Å². The number of hydrogen-bond acceptors (Lipinski definition) is 4. The maximum absolute atomic E-state index is 10.8. The molecule has 1 saturated heterocycles. The number of rotatable bonds is 13. The van der Waals surface area contributed by atoms with E-state index >= 15 is 0 Å². The van der Waals surface area contributed by atoms with Crippen molar-refractivity contribution >= 4 is 10.1 Å². The van der Waals surface area contributed by atoms with Crippen molar-refractivity contribution in [2.45, 2.75) is 45.4 Å². The van der Waals surface area contributed by atoms with Gasteiger partial charge in [-0.15, -0.1) is 0 Å². The van der Waals surface area contributed by atoms with E-state index in [2.05, 4.69) is 6.92 Å². The summed E-state index contributed by atoms with van der Waals surface area (Å²) >= 11 is 0. The van der Waals surface area contributed by atoms with Crippen LogP contribution in [-0.2, 0) is 19.6 Å². The van der Waals surface area contributed by atoms with Crippen LogP contribution in [0.25, 0.3) is 0 Å². The van der Waals surface area contributed by atoms with Gasteiger partial charge in [-0.1, -0.05) is 6.92 Å². The van der Waals surface area contributed by atoms with E-state index in [4.69, 9.17) is 14.0 Å². The molecule has 1 aliphatic rings. The van der Waals surface area contributed by atoms with E-state index in [1.54, 1.807) is 0 Å². The molecule has 0 spiro atoms. The lowest BCUT2D eigenvalue weighted by Gasteiger charge is -2.41. The molecule has 0 radical (unpaired) electrons. The number of hydrogen-bond donors (Lipinski definition) is 1. The van der Waals surface area contributed by atoms with E-state index in [-0.39, 0.29) is 5.75 Å². The summed E-state index contributed by atoms with van der Waals surface area (Å²) in [5.41, 5.74) is 0. The molecule has 7 heteroatoms. The Morgan fingerprint density at radius 1 is 0.913 bits per heavy atom. The van der Waals surface area contributed by atoms with E-state index in [1.165, 1.54) is 19.3 Å². The maximum Gasteiger partial charge on any atom is 0.264 e. The van der Waals surface area contributed by atoms with Gasteiger partial charge in [-0.05, 0) is 38.5 Å². The zero-order valence-corrected chi connectivity index (χ0v) is 15.4. The first-order chi connectivity index (χ1) is 11.0. The van der Waals surface area contributed by atoms with Crippen LogP contribution in [0.4, 0.5) is 0 Å². The molecule has 0 amide bonds. The van der Waals surface area contributed by atoms with Gasteiger partial charge in [0.25, 0.3) is 10.1 Å². The Morgan fingerprint density at radius 2 is 1.57 bits per heavy atom. The Labute approximate surface area is 141 Å². The quantitative estimate of drug-likeness (QED) is 0.312. The number of quaternary nitrogens is 1. The van der Waals surface area contributed by atoms with Crippen molar-refractivity contribution in [1.82, 2.24) is 0 Å². The minimum Gasteiger partial charge on any atom is -0.379 e. The van der Waals surface area contributed by atoms with Gasteiger partial charge < -0.3 is 14.0 Å². The highest BCUT2D eigenvalue weighted by Crippen LogP contribution is 2.20. The van der Waals surface area contributed by atoms with Gasteiger partial charge in [0.2, 0.25) is 0 Å². The number of piperidine rings is 1. The summed E-state index contributed by atoms with van der Waals surface area (Å²) < 4.78 is 42.5. The molecule has 0 unspecified atom stereocenters. The Kier molecular flexibility index (Phi) is 10.3. The lowest BCUT2D eigenvalue weighted by molar-refractivity contribution is -0.933. The average Bonchev–Trinajstić information content (AvgIpc) is 2.51. The molecule has 23 heavy (non-hydrogen) atoms. The van der Waals surface area contributed by atoms with E-state index in [0.29, 0.717) is 19.6 Å². The lowest BCUT2D eigenvalue weighted by Crippen LogP contribution is -2.53. The molecule has 0 saturated carbocycles. The molecule has 1 fully saturated rings. The van der Waals surface area contributed by atoms with Gasteiger partial charge in [0.05, 0.1) is 45.2 Å². The van der Waals surface area contributed by atoms with Crippen LogP contribution in [0, 0.1) is 0 Å². The average molecular weight is 353 g/mol. The molecular weight excluding hydrogens is 318 g/mol. The molecule has 0 bridgehead atoms. The van der Waals surface area contributed by atoms with E-state index < -0.39 is 10.1 Å². The normalized spacial score (nSPS) is 18.2. The van der Waals surface area contributed by atoms with Crippen molar-refractivity contribution in [3.8, 4) is 0 Å². The number of ether oxygens (including phenoxy) is 2. The van der Waals surface area contributed by atoms with Gasteiger partial charge in [0.1, 0.15) is 6.54 Å². The Balaban J connectivity index is 2.24. The molecule has 0 aliphatic carbocycles. The SMILES string of the molecule is CCCOCCOCC[N+]1(CCCCS(=O)(=O)O)CCCCC1. The second kappa shape index (κ2) is 11.4. The predicted octanol–water partition coefficient (Wildman–Crippen LogP) is 2.10. The summed E-state index contributed by atoms with van der Waals surface area (Å²) in [4.78, 5) is 0. The van der Waals surface area contributed by atoms with E-state index in [1.807, 2.05) is 0 Å². The van der Waals surface area contributed by atoms with Crippen LogP contribution in [0.5, 0.6) is 0 Å². The Hall–Kier alpha value is -0.210. The summed E-state index contributed by atoms with van der Waals surface area (Å²) in [6, 6.07) is 0. The largest absolute Gasteiger partial charge is 0.379 e. The fourth-order valence-electron chi connectivity index (χ4n) is 3.20. The van der Waals surface area contributed by atoms with Crippen molar-refractivity contribution in [3.05, 3.63) is 0 Å². The number of nitrogens with zero attached hydrogens (tertiary/aromatic N) is 1. The van der Waals surface area contributed by atoms with Gasteiger partial charge in [0, 0.05) is 6.61 Å². The summed E-state index contributed by atoms with van der Waals surface area (Å²) in [6.45, 7) is 9.18. The molecule has 1 heterocycles. The van der Waals surface area contributed by atoms with E-state index in [9.17, 15) is 8.42 Å². The van der Waals surface area contributed by atoms with Crippen LogP contribution in [0.1, 0.15) is 45.4 Å². The van der Waals surface area contributed by atoms with Crippen molar-refractivity contribution in [3.63, 3.8) is 0 Å². The summed E-state index contributed by atoms with van der Waals surface area (Å²) in [5.74, 6) is -0.127. The smallest absolute Gasteiger partial charge is 0.264 e. The third-order valence-corrected chi connectivity index (χ3v) is 5.28. The van der Waals surface area contributed by atoms with Gasteiger partial charge in [-0.2, -0.15) is 8.42 Å². The van der Waals surface area contributed by atoms with Crippen molar-refractivity contribution < 1.29 is 26.9 Å². The monoisotopic (exact) mass is 352 g/mol. The van der Waals surface area contributed by atoms with Crippen LogP contribution in [0.15, 0.2) is 0 Å². The first-order valence-corrected chi connectivity index (χ1v) is 10.5. The van der Waals surface area contributed by atoms with Crippen molar-refractivity contribution in [1.29, 1.82) is 0 Å². The van der Waals surface area contributed by atoms with Crippen LogP contribution in [0.2, 0.25) is 0 Å². The molecule has 138 valence electrons. The fourth-order valence-corrected chi connectivity index (χ4v) is 3.77. The maximum atomic E-state index is 10.8. The third-order valence-electron chi connectivity index (χ3n) is 4.48. The van der Waals surface area contributed by atoms with Gasteiger partial charge >= 0.3 is 0 Å². The minimum absolute atomic E-state index is 0.127. The first kappa shape index (κ1) is 20.8. The van der Waals surface area contributed by atoms with Crippen molar-refractivity contribution in [2.24, 2.45) is 0 Å². The third kappa shape index (κ3) is 10.3. The van der Waals surface area contributed by atoms with Gasteiger partial charge in [-0.3, -0.25) is 4.55 Å². The zero-order chi connectivity index (χ0) is 17.0. The molecule has 1 rings (SSSR count). The highest BCUT2D eigenvalue weighted by Gasteiger charge is 2.29. The summed E-state index contributed by atoms with van der Waals surface area (Å²) in [6.07, 6.45) is 6.15. The highest BCUT2D eigenvalue weighted by atomic mass is 32.2. The Bertz CT molecular complexity index is 393. The van der Waals surface area contributed by atoms with Gasteiger partial charge in [-0.25, -0.2) is 0 Å². The molecule has 0 aromatic carbocycles. The van der Waals surface area contributed by atoms with Crippen LogP contribution in [-0.4, -0.2) is 75.8 Å². The highest BCUT2D eigenvalue weighted by molar-refractivity contribution is 7.85. The van der Waals surface area contributed by atoms with E-state index in [0.717, 1.165) is 56.7 Å². The first-order valence-electron chi connectivity index (χ1n) is 8.93. The topological polar surface area (TPSA) is 72.8 Å². The van der Waals surface area contributed by atoms with Gasteiger partial charge in [0.15, 0.2) is 0 Å². The fraction of sp³-hybridized carbons (Fsp3) is 1.00. The molecule has 1 N–H and O–H groups in total. The predicted molar refractivity (Wildman–Crippen MR) is 91.2 cm³/mol. The zero-order valence-electron chi connectivity index (χ0n) is 14.5. The molecule has 0 aromatic heterocycles. The number of unbranched alkanes of at least 4 members (excludes halogenated alkanes) is 1. The molecule has 6 nitrogen and oxygen atoms in total. The Morgan fingerprint density at radius 3 is 2.17 bits per heavy atom. The van der Waals surface area contributed by atoms with Crippen LogP contribution in [0.3, 0.4) is 0 Å². The molecule has 1 aliphatic heterocycles. The minimum atomic E-state index is -3.82. The van der Waals surface area contributed by atoms with Crippen LogP contribution < -0.4 is 0 Å². The molecule has 0 aromatic rings. The standard InChI is InChI=1S/C16H33NO5S/c1-2-12-21-14-15-22-13-11-17(8-4-3-5-9-17)10-6-7-16-23(18,19)20/h2-16H2,1H3/p+1. The number of likely N-dealkylation sites (tertiary alicyclic amines) is 1. The molecule has 0 atom stereocenters. The second-order valence-electron chi connectivity index (χ2n) is 6.51. The lowest BCUT2D eigenvalue weighted by atomic mass is 10.1.